The minimum Gasteiger partial charge on any atom is -0.491 e. The van der Waals surface area contributed by atoms with E-state index >= 15 is 0 Å². The second-order valence-electron chi connectivity index (χ2n) is 5.29. The number of anilines is 2. The van der Waals surface area contributed by atoms with E-state index in [1.807, 2.05) is 18.2 Å². The van der Waals surface area contributed by atoms with E-state index in [9.17, 15) is 5.11 Å². The van der Waals surface area contributed by atoms with Gasteiger partial charge < -0.3 is 25.6 Å². The maximum Gasteiger partial charge on any atom is 0.144 e. The third-order valence-corrected chi connectivity index (χ3v) is 3.52. The Balaban J connectivity index is 1.95. The molecule has 1 aliphatic rings. The van der Waals surface area contributed by atoms with Gasteiger partial charge in [-0.25, -0.2) is 0 Å². The first-order chi connectivity index (χ1) is 9.63. The first kappa shape index (κ1) is 14.9. The van der Waals surface area contributed by atoms with Gasteiger partial charge in [0.1, 0.15) is 5.75 Å². The highest BCUT2D eigenvalue weighted by Gasteiger charge is 2.29. The normalized spacial score (nSPS) is 17.7. The van der Waals surface area contributed by atoms with E-state index in [0.717, 1.165) is 12.1 Å². The molecule has 2 rings (SSSR count). The zero-order valence-corrected chi connectivity index (χ0v) is 12.0. The zero-order valence-electron chi connectivity index (χ0n) is 12.0. The van der Waals surface area contributed by atoms with Gasteiger partial charge in [-0.15, -0.1) is 0 Å². The summed E-state index contributed by atoms with van der Waals surface area (Å²) in [4.78, 5) is 0. The number of aliphatic hydroxyl groups is 1. The number of hydrogen-bond acceptors (Lipinski definition) is 5. The van der Waals surface area contributed by atoms with Gasteiger partial charge in [-0.05, 0) is 18.6 Å². The molecule has 1 aromatic rings. The highest BCUT2D eigenvalue weighted by atomic mass is 16.5. The summed E-state index contributed by atoms with van der Waals surface area (Å²) >= 11 is 0. The van der Waals surface area contributed by atoms with E-state index in [0.29, 0.717) is 50.6 Å². The second kappa shape index (κ2) is 6.81. The van der Waals surface area contributed by atoms with E-state index in [2.05, 4.69) is 12.2 Å². The highest BCUT2D eigenvalue weighted by Crippen LogP contribution is 2.27. The van der Waals surface area contributed by atoms with Gasteiger partial charge in [-0.2, -0.15) is 0 Å². The summed E-state index contributed by atoms with van der Waals surface area (Å²) in [5, 5.41) is 13.7. The molecule has 1 fully saturated rings. The molecule has 0 radical (unpaired) electrons. The van der Waals surface area contributed by atoms with Crippen molar-refractivity contribution in [2.45, 2.75) is 31.8 Å². The molecule has 4 N–H and O–H groups in total. The van der Waals surface area contributed by atoms with Crippen LogP contribution in [0.5, 0.6) is 5.75 Å². The summed E-state index contributed by atoms with van der Waals surface area (Å²) < 4.78 is 10.9. The van der Waals surface area contributed by atoms with Crippen molar-refractivity contribution in [2.75, 3.05) is 37.4 Å². The molecule has 0 atom stereocenters. The minimum absolute atomic E-state index is 0.507. The molecular formula is C15H24N2O3. The van der Waals surface area contributed by atoms with Crippen LogP contribution in [0, 0.1) is 0 Å². The topological polar surface area (TPSA) is 76.7 Å². The molecule has 1 aliphatic heterocycles. The number of nitrogens with one attached hydrogen (secondary N) is 1. The Morgan fingerprint density at radius 1 is 1.40 bits per heavy atom. The fraction of sp³-hybridized carbons (Fsp3) is 0.600. The molecule has 0 bridgehead atoms. The van der Waals surface area contributed by atoms with Crippen molar-refractivity contribution in [3.05, 3.63) is 18.2 Å². The number of rotatable bonds is 6. The molecule has 20 heavy (non-hydrogen) atoms. The maximum atomic E-state index is 10.4. The van der Waals surface area contributed by atoms with Crippen LogP contribution in [0.4, 0.5) is 11.4 Å². The number of nitrogens with two attached hydrogens (primary N) is 1. The van der Waals surface area contributed by atoms with Gasteiger partial charge in [-0.3, -0.25) is 0 Å². The summed E-state index contributed by atoms with van der Waals surface area (Å²) in [5.41, 5.74) is 6.73. The van der Waals surface area contributed by atoms with Crippen molar-refractivity contribution in [2.24, 2.45) is 0 Å². The predicted octanol–water partition coefficient (Wildman–Crippen LogP) is 2.01. The molecule has 0 aliphatic carbocycles. The van der Waals surface area contributed by atoms with Crippen LogP contribution in [0.2, 0.25) is 0 Å². The van der Waals surface area contributed by atoms with Crippen LogP contribution in [-0.4, -0.2) is 37.1 Å². The molecule has 0 aromatic heterocycles. The average Bonchev–Trinajstić information content (AvgIpc) is 2.46. The zero-order chi connectivity index (χ0) is 14.4. The molecule has 0 unspecified atom stereocenters. The molecule has 0 spiro atoms. The Hall–Kier alpha value is -1.46. The summed E-state index contributed by atoms with van der Waals surface area (Å²) in [7, 11) is 0. The van der Waals surface area contributed by atoms with Crippen LogP contribution < -0.4 is 15.8 Å². The van der Waals surface area contributed by atoms with Crippen LogP contribution in [0.25, 0.3) is 0 Å². The van der Waals surface area contributed by atoms with Crippen molar-refractivity contribution in [1.82, 2.24) is 0 Å². The third-order valence-electron chi connectivity index (χ3n) is 3.52. The van der Waals surface area contributed by atoms with Crippen LogP contribution in [-0.2, 0) is 4.74 Å². The molecule has 0 saturated carbocycles. The average molecular weight is 280 g/mol. The quantitative estimate of drug-likeness (QED) is 0.695. The van der Waals surface area contributed by atoms with Gasteiger partial charge in [0.25, 0.3) is 0 Å². The molecule has 5 heteroatoms. The predicted molar refractivity (Wildman–Crippen MR) is 80.1 cm³/mol. The summed E-state index contributed by atoms with van der Waals surface area (Å²) in [5.74, 6) is 0.691. The van der Waals surface area contributed by atoms with Crippen LogP contribution in [0.1, 0.15) is 26.2 Å². The molecule has 1 saturated heterocycles. The first-order valence-electron chi connectivity index (χ1n) is 7.19. The second-order valence-corrected chi connectivity index (χ2v) is 5.29. The van der Waals surface area contributed by atoms with E-state index in [1.54, 1.807) is 0 Å². The number of benzene rings is 1. The lowest BCUT2D eigenvalue weighted by molar-refractivity contribution is -0.0543. The Morgan fingerprint density at radius 2 is 2.15 bits per heavy atom. The Kier molecular flexibility index (Phi) is 5.09. The fourth-order valence-corrected chi connectivity index (χ4v) is 2.18. The lowest BCUT2D eigenvalue weighted by atomic mass is 9.94. The molecular weight excluding hydrogens is 256 g/mol. The van der Waals surface area contributed by atoms with E-state index < -0.39 is 5.60 Å². The van der Waals surface area contributed by atoms with Crippen LogP contribution in [0.15, 0.2) is 18.2 Å². The summed E-state index contributed by atoms with van der Waals surface area (Å²) in [6.07, 6.45) is 2.26. The van der Waals surface area contributed by atoms with Crippen molar-refractivity contribution in [3.63, 3.8) is 0 Å². The molecule has 1 heterocycles. The SMILES string of the molecule is CCCOc1cc(NCC2(O)CCOCC2)ccc1N. The highest BCUT2D eigenvalue weighted by molar-refractivity contribution is 5.61. The van der Waals surface area contributed by atoms with Crippen LogP contribution in [0.3, 0.4) is 0 Å². The van der Waals surface area contributed by atoms with Crippen molar-refractivity contribution < 1.29 is 14.6 Å². The van der Waals surface area contributed by atoms with Crippen molar-refractivity contribution in [3.8, 4) is 5.75 Å². The van der Waals surface area contributed by atoms with E-state index in [4.69, 9.17) is 15.2 Å². The van der Waals surface area contributed by atoms with Crippen LogP contribution >= 0.6 is 0 Å². The molecule has 0 amide bonds. The lowest BCUT2D eigenvalue weighted by Gasteiger charge is -2.32. The minimum atomic E-state index is -0.690. The van der Waals surface area contributed by atoms with Gasteiger partial charge in [0, 0.05) is 44.4 Å². The monoisotopic (exact) mass is 280 g/mol. The molecule has 1 aromatic carbocycles. The van der Waals surface area contributed by atoms with Gasteiger partial charge in [0.05, 0.1) is 17.9 Å². The van der Waals surface area contributed by atoms with Crippen molar-refractivity contribution in [1.29, 1.82) is 0 Å². The molecule has 112 valence electrons. The number of hydrogen-bond donors (Lipinski definition) is 3. The third kappa shape index (κ3) is 4.02. The smallest absolute Gasteiger partial charge is 0.144 e. The number of nitrogen functional groups attached to an aromatic ring is 1. The van der Waals surface area contributed by atoms with E-state index in [1.165, 1.54) is 0 Å². The van der Waals surface area contributed by atoms with Gasteiger partial charge in [-0.1, -0.05) is 6.92 Å². The summed E-state index contributed by atoms with van der Waals surface area (Å²) in [6, 6.07) is 5.60. The fourth-order valence-electron chi connectivity index (χ4n) is 2.18. The Labute approximate surface area is 120 Å². The van der Waals surface area contributed by atoms with Gasteiger partial charge >= 0.3 is 0 Å². The van der Waals surface area contributed by atoms with Gasteiger partial charge in [0.2, 0.25) is 0 Å². The summed E-state index contributed by atoms with van der Waals surface area (Å²) in [6.45, 7) is 4.44. The first-order valence-corrected chi connectivity index (χ1v) is 7.19. The van der Waals surface area contributed by atoms with Crippen molar-refractivity contribution >= 4 is 11.4 Å². The Morgan fingerprint density at radius 3 is 2.85 bits per heavy atom. The van der Waals surface area contributed by atoms with E-state index in [-0.39, 0.29) is 0 Å². The molecule has 5 nitrogen and oxygen atoms in total. The Bertz CT molecular complexity index is 431. The standard InChI is InChI=1S/C15H24N2O3/c1-2-7-20-14-10-12(3-4-13(14)16)17-11-15(18)5-8-19-9-6-15/h3-4,10,17-18H,2,5-9,11,16H2,1H3. The van der Waals surface area contributed by atoms with Gasteiger partial charge in [0.15, 0.2) is 0 Å². The number of ether oxygens (including phenoxy) is 2. The largest absolute Gasteiger partial charge is 0.491 e. The maximum absolute atomic E-state index is 10.4. The lowest BCUT2D eigenvalue weighted by Crippen LogP contribution is -2.42.